The molecule has 4 fully saturated rings. The van der Waals surface area contributed by atoms with Crippen molar-refractivity contribution in [2.24, 2.45) is 47.3 Å². The molecule has 0 unspecified atom stereocenters. The van der Waals surface area contributed by atoms with Crippen LogP contribution in [0.3, 0.4) is 0 Å². The maximum absolute atomic E-state index is 14.0. The van der Waals surface area contributed by atoms with Crippen LogP contribution in [0.4, 0.5) is 8.78 Å². The third-order valence-electron chi connectivity index (χ3n) is 15.6. The average Bonchev–Trinajstić information content (AvgIpc) is 4.19. The zero-order valence-electron chi connectivity index (χ0n) is 43.3. The van der Waals surface area contributed by atoms with Gasteiger partial charge in [0.2, 0.25) is 0 Å². The van der Waals surface area contributed by atoms with Crippen molar-refractivity contribution in [2.45, 2.75) is 156 Å². The van der Waals surface area contributed by atoms with Crippen LogP contribution in [0.25, 0.3) is 0 Å². The molecule has 0 spiro atoms. The second-order valence-electron chi connectivity index (χ2n) is 21.7. The van der Waals surface area contributed by atoms with Crippen molar-refractivity contribution in [3.8, 4) is 0 Å². The van der Waals surface area contributed by atoms with Gasteiger partial charge in [0.25, 0.3) is 0 Å². The Hall–Kier alpha value is -2.77. The molecule has 3 nitrogen and oxygen atoms in total. The zero-order valence-corrected chi connectivity index (χ0v) is 47.8. The molecule has 0 saturated heterocycles. The molecule has 11 heteroatoms. The van der Waals surface area contributed by atoms with Crippen LogP contribution in [-0.4, -0.2) is 17.3 Å². The van der Waals surface area contributed by atoms with Crippen molar-refractivity contribution in [3.05, 3.63) is 149 Å². The van der Waals surface area contributed by atoms with E-state index >= 15 is 0 Å². The van der Waals surface area contributed by atoms with E-state index in [2.05, 4.69) is 20.4 Å². The molecular formula is C61H74Cl6F2O3. The molecule has 0 radical (unpaired) electrons. The third kappa shape index (κ3) is 15.7. The number of carbonyl (C=O) groups is 3. The van der Waals surface area contributed by atoms with Crippen LogP contribution in [0.5, 0.6) is 0 Å². The Kier molecular flexibility index (Phi) is 23.2. The normalized spacial score (nSPS) is 23.6. The van der Waals surface area contributed by atoms with E-state index in [9.17, 15) is 23.2 Å². The summed E-state index contributed by atoms with van der Waals surface area (Å²) >= 11 is 35.6. The first-order chi connectivity index (χ1) is 34.0. The Morgan fingerprint density at radius 1 is 0.417 bits per heavy atom. The lowest BCUT2D eigenvalue weighted by molar-refractivity contribution is -0.126. The number of allylic oxidation sites excluding steroid dienone is 1. The minimum absolute atomic E-state index is 0.0194. The van der Waals surface area contributed by atoms with Crippen molar-refractivity contribution in [1.82, 2.24) is 0 Å². The van der Waals surface area contributed by atoms with Gasteiger partial charge in [-0.3, -0.25) is 14.4 Å². The number of rotatable bonds is 12. The molecule has 0 N–H and O–H groups in total. The first kappa shape index (κ1) is 60.1. The van der Waals surface area contributed by atoms with Gasteiger partial charge in [0.15, 0.2) is 0 Å². The molecule has 392 valence electrons. The molecule has 4 aliphatic rings. The quantitative estimate of drug-likeness (QED) is 0.133. The highest BCUT2D eigenvalue weighted by Gasteiger charge is 2.38. The molecule has 0 amide bonds. The van der Waals surface area contributed by atoms with E-state index in [4.69, 9.17) is 69.6 Å². The van der Waals surface area contributed by atoms with E-state index in [1.807, 2.05) is 84.0 Å². The van der Waals surface area contributed by atoms with Gasteiger partial charge in [-0.15, -0.1) is 0 Å². The lowest BCUT2D eigenvalue weighted by Gasteiger charge is -2.25. The first-order valence-corrected chi connectivity index (χ1v) is 28.4. The first-order valence-electron chi connectivity index (χ1n) is 26.1. The van der Waals surface area contributed by atoms with Gasteiger partial charge in [0.05, 0.1) is 20.1 Å². The third-order valence-corrected chi connectivity index (χ3v) is 17.5. The van der Waals surface area contributed by atoms with Gasteiger partial charge in [-0.05, 0) is 158 Å². The van der Waals surface area contributed by atoms with Crippen LogP contribution in [0.2, 0.25) is 30.1 Å². The minimum Gasteiger partial charge on any atom is -0.299 e. The van der Waals surface area contributed by atoms with Gasteiger partial charge >= 0.3 is 0 Å². The van der Waals surface area contributed by atoms with Crippen LogP contribution in [0.1, 0.15) is 178 Å². The Bertz CT molecular complexity index is 2330. The Labute approximate surface area is 459 Å². The molecule has 8 atom stereocenters. The van der Waals surface area contributed by atoms with Gasteiger partial charge in [-0.25, -0.2) is 8.78 Å². The number of carbonyl (C=O) groups excluding carboxylic acids is 3. The summed E-state index contributed by atoms with van der Waals surface area (Å²) in [6.45, 7) is 20.3. The molecule has 4 aliphatic carbocycles. The second kappa shape index (κ2) is 27.8. The van der Waals surface area contributed by atoms with Crippen LogP contribution in [0.15, 0.2) is 84.9 Å². The number of Topliss-reactive ketones (excluding diaryl/α,β-unsaturated/α-hetero) is 3. The summed E-state index contributed by atoms with van der Waals surface area (Å²) < 4.78 is 28.0. The van der Waals surface area contributed by atoms with Crippen molar-refractivity contribution >= 4 is 87.0 Å². The van der Waals surface area contributed by atoms with E-state index in [-0.39, 0.29) is 64.8 Å². The Balaban J connectivity index is 0.000000178. The Morgan fingerprint density at radius 3 is 1.06 bits per heavy atom. The molecule has 4 saturated carbocycles. The largest absolute Gasteiger partial charge is 0.299 e. The number of hydrogen-bond acceptors (Lipinski definition) is 3. The maximum Gasteiger partial charge on any atom is 0.139 e. The molecule has 0 aromatic heterocycles. The smallest absolute Gasteiger partial charge is 0.139 e. The molecule has 4 aromatic rings. The number of hydrogen-bond donors (Lipinski definition) is 0. The SMILES string of the molecule is C=C(C(C)C)[C@H]1CCC[C@@H]1c1ccc(Cl)cc1F.CC(C)C(=O)[C@@H]1CCC[C@H]1c1ccc(Cl)c(Cl)c1.CC(C)C(=O)[C@@H]1CCC[C@H]1c1ccc(Cl)cc1F.CC(C)C(=O)[C@H]1CCC[C@@H]1c1ccc(Cl)c(Cl)c1. The fourth-order valence-corrected chi connectivity index (χ4v) is 12.6. The van der Waals surface area contributed by atoms with Gasteiger partial charge in [0.1, 0.15) is 29.0 Å². The fourth-order valence-electron chi connectivity index (χ4n) is 11.7. The molecule has 8 rings (SSSR count). The van der Waals surface area contributed by atoms with E-state index < -0.39 is 0 Å². The topological polar surface area (TPSA) is 51.2 Å². The molecule has 0 aliphatic heterocycles. The highest BCUT2D eigenvalue weighted by atomic mass is 35.5. The van der Waals surface area contributed by atoms with Gasteiger partial charge in [-0.1, -0.05) is 187 Å². The molecule has 0 heterocycles. The van der Waals surface area contributed by atoms with E-state index in [1.165, 1.54) is 17.7 Å². The highest BCUT2D eigenvalue weighted by molar-refractivity contribution is 6.42. The molecule has 0 bridgehead atoms. The summed E-state index contributed by atoms with van der Waals surface area (Å²) in [5.74, 6) is 2.89. The van der Waals surface area contributed by atoms with Crippen LogP contribution in [-0.2, 0) is 14.4 Å². The standard InChI is InChI=1S/C16H20ClF.2C15H18Cl2O.C15H18ClFO/c1-10(2)11(3)13-5-4-6-14(13)15-8-7-12(17)9-16(15)18;2*1-9(2)15(18)12-5-3-4-11(12)10-6-7-13(16)14(17)8-10;1-9(2)15(18)13-5-3-4-11(13)12-7-6-10(16)8-14(12)17/h7-10,13-14H,3-6H2,1-2H3;2*6-9,11-12H,3-5H2,1-2H3;6-9,11,13H,3-5H2,1-2H3/t13-,14+;2*11-,12+;11-,13+/m1100/s1. The molecular weight excluding hydrogens is 1030 g/mol. The summed E-state index contributed by atoms with van der Waals surface area (Å²) in [5, 5.41) is 3.18. The summed E-state index contributed by atoms with van der Waals surface area (Å²) in [6.07, 6.45) is 12.5. The fraction of sp³-hybridized carbons (Fsp3) is 0.525. The molecule has 4 aromatic carbocycles. The number of benzene rings is 4. The zero-order chi connectivity index (χ0) is 53.1. The maximum atomic E-state index is 14.0. The number of halogens is 8. The van der Waals surface area contributed by atoms with E-state index in [0.29, 0.717) is 70.9 Å². The van der Waals surface area contributed by atoms with Crippen molar-refractivity contribution in [1.29, 1.82) is 0 Å². The highest BCUT2D eigenvalue weighted by Crippen LogP contribution is 2.47. The van der Waals surface area contributed by atoms with Gasteiger partial charge < -0.3 is 0 Å². The predicted octanol–water partition coefficient (Wildman–Crippen LogP) is 20.4. The lowest BCUT2D eigenvalue weighted by atomic mass is 9.80. The van der Waals surface area contributed by atoms with Crippen molar-refractivity contribution < 1.29 is 23.2 Å². The summed E-state index contributed by atoms with van der Waals surface area (Å²) in [5.41, 5.74) is 5.02. The van der Waals surface area contributed by atoms with Crippen molar-refractivity contribution in [3.63, 3.8) is 0 Å². The lowest BCUT2D eigenvalue weighted by Crippen LogP contribution is -2.22. The summed E-state index contributed by atoms with van der Waals surface area (Å²) in [7, 11) is 0. The molecule has 72 heavy (non-hydrogen) atoms. The van der Waals surface area contributed by atoms with Crippen LogP contribution < -0.4 is 0 Å². The predicted molar refractivity (Wildman–Crippen MR) is 300 cm³/mol. The van der Waals surface area contributed by atoms with E-state index in [0.717, 1.165) is 93.7 Å². The van der Waals surface area contributed by atoms with Crippen LogP contribution in [0, 0.1) is 59.0 Å². The monoisotopic (exact) mass is 1100 g/mol. The number of ketones is 3. The van der Waals surface area contributed by atoms with Crippen molar-refractivity contribution in [2.75, 3.05) is 0 Å². The summed E-state index contributed by atoms with van der Waals surface area (Å²) in [6, 6.07) is 21.3. The van der Waals surface area contributed by atoms with Gasteiger partial charge in [0, 0.05) is 45.6 Å². The summed E-state index contributed by atoms with van der Waals surface area (Å²) in [4.78, 5) is 36.6. The minimum atomic E-state index is -0.282. The van der Waals surface area contributed by atoms with Gasteiger partial charge in [-0.2, -0.15) is 0 Å². The van der Waals surface area contributed by atoms with Crippen LogP contribution >= 0.6 is 69.6 Å². The van der Waals surface area contributed by atoms with E-state index in [1.54, 1.807) is 18.2 Å². The Morgan fingerprint density at radius 2 is 0.736 bits per heavy atom. The average molecular weight is 1110 g/mol. The second-order valence-corrected chi connectivity index (χ2v) is 24.2.